The average Bonchev–Trinajstić information content (AvgIpc) is 2.53. The minimum atomic E-state index is -4.23. The van der Waals surface area contributed by atoms with Crippen molar-refractivity contribution in [2.24, 2.45) is 0 Å². The second-order valence-corrected chi connectivity index (χ2v) is 6.76. The normalized spacial score (nSPS) is 10.8. The lowest BCUT2D eigenvalue weighted by Crippen LogP contribution is -2.11. The van der Waals surface area contributed by atoms with E-state index in [9.17, 15) is 8.42 Å². The maximum Gasteiger partial charge on any atom is 0.397 e. The van der Waals surface area contributed by atoms with Gasteiger partial charge in [-0.05, 0) is 6.42 Å². The molecule has 0 aromatic carbocycles. The highest BCUT2D eigenvalue weighted by Crippen LogP contribution is 2.10. The number of unbranched alkanes of at least 4 members (excludes halogenated alkanes) is 9. The van der Waals surface area contributed by atoms with Gasteiger partial charge in [0.25, 0.3) is 0 Å². The molecule has 0 aliphatic carbocycles. The Morgan fingerprint density at radius 2 is 1.29 bits per heavy atom. The Balaban J connectivity index is 0. The van der Waals surface area contributed by atoms with Crippen molar-refractivity contribution in [1.29, 1.82) is 0 Å². The highest BCUT2D eigenvalue weighted by molar-refractivity contribution is 7.80. The van der Waals surface area contributed by atoms with Crippen LogP contribution in [0.3, 0.4) is 0 Å². The Hall–Kier alpha value is -0.690. The molecule has 2 N–H and O–H groups in total. The fourth-order valence-electron chi connectivity index (χ4n) is 2.04. The van der Waals surface area contributed by atoms with Gasteiger partial charge in [0.05, 0.1) is 6.61 Å². The van der Waals surface area contributed by atoms with Crippen molar-refractivity contribution in [3.63, 3.8) is 0 Å². The third kappa shape index (κ3) is 29.3. The summed E-state index contributed by atoms with van der Waals surface area (Å²) in [6.45, 7) is 11.1. The average molecular weight is 364 g/mol. The maximum atomic E-state index is 10.2. The Morgan fingerprint density at radius 3 is 1.67 bits per heavy atom. The van der Waals surface area contributed by atoms with E-state index in [2.05, 4.69) is 29.6 Å². The van der Waals surface area contributed by atoms with Gasteiger partial charge in [0, 0.05) is 13.1 Å². The third-order valence-corrected chi connectivity index (χ3v) is 3.77. The quantitative estimate of drug-likeness (QED) is 0.237. The number of hydrogen-bond donors (Lipinski definition) is 2. The summed E-state index contributed by atoms with van der Waals surface area (Å²) in [5.41, 5.74) is 0. The minimum absolute atomic E-state index is 0.0926. The fraction of sp³-hybridized carbons (Fsp3) is 0.778. The van der Waals surface area contributed by atoms with Gasteiger partial charge >= 0.3 is 10.4 Å². The van der Waals surface area contributed by atoms with Gasteiger partial charge in [-0.1, -0.05) is 76.9 Å². The van der Waals surface area contributed by atoms with Gasteiger partial charge in [-0.15, -0.1) is 13.2 Å². The summed E-state index contributed by atoms with van der Waals surface area (Å²) in [5, 5.41) is 3.05. The van der Waals surface area contributed by atoms with Crippen LogP contribution in [0.1, 0.15) is 71.1 Å². The minimum Gasteiger partial charge on any atom is -0.310 e. The lowest BCUT2D eigenvalue weighted by atomic mass is 10.1. The van der Waals surface area contributed by atoms with Crippen molar-refractivity contribution in [3.8, 4) is 0 Å². The fourth-order valence-corrected chi connectivity index (χ4v) is 2.37. The van der Waals surface area contributed by atoms with Crippen LogP contribution in [0, 0.1) is 0 Å². The van der Waals surface area contributed by atoms with Crippen LogP contribution >= 0.6 is 0 Å². The summed E-state index contributed by atoms with van der Waals surface area (Å²) in [6.07, 6.45) is 15.5. The molecule has 0 radical (unpaired) electrons. The summed E-state index contributed by atoms with van der Waals surface area (Å²) in [5.74, 6) is 0. The zero-order valence-electron chi connectivity index (χ0n) is 15.3. The van der Waals surface area contributed by atoms with E-state index >= 15 is 0 Å². The molecule has 0 heterocycles. The molecule has 0 rings (SSSR count). The van der Waals surface area contributed by atoms with Gasteiger partial charge in [0.1, 0.15) is 0 Å². The van der Waals surface area contributed by atoms with Crippen LogP contribution in [0.25, 0.3) is 0 Å². The summed E-state index contributed by atoms with van der Waals surface area (Å²) in [7, 11) is -4.23. The van der Waals surface area contributed by atoms with Crippen molar-refractivity contribution in [1.82, 2.24) is 5.32 Å². The topological polar surface area (TPSA) is 75.6 Å². The van der Waals surface area contributed by atoms with Crippen molar-refractivity contribution >= 4 is 10.4 Å². The van der Waals surface area contributed by atoms with E-state index in [1.54, 1.807) is 0 Å². The summed E-state index contributed by atoms with van der Waals surface area (Å²) in [6, 6.07) is 0. The first-order chi connectivity index (χ1) is 11.5. The third-order valence-electron chi connectivity index (χ3n) is 3.31. The van der Waals surface area contributed by atoms with E-state index in [1.165, 1.54) is 44.9 Å². The molecule has 0 saturated carbocycles. The maximum absolute atomic E-state index is 10.2. The molecule has 0 aliphatic rings. The summed E-state index contributed by atoms with van der Waals surface area (Å²) in [4.78, 5) is 0. The molecule has 0 aromatic rings. The van der Waals surface area contributed by atoms with Gasteiger partial charge in [0.2, 0.25) is 0 Å². The summed E-state index contributed by atoms with van der Waals surface area (Å²) >= 11 is 0. The van der Waals surface area contributed by atoms with E-state index in [1.807, 2.05) is 12.2 Å². The van der Waals surface area contributed by atoms with Crippen molar-refractivity contribution in [2.75, 3.05) is 19.7 Å². The molecule has 0 atom stereocenters. The van der Waals surface area contributed by atoms with Gasteiger partial charge in [-0.2, -0.15) is 8.42 Å². The SMILES string of the molecule is C=CCNCC=C.CCCCCCCCCCCCOS(=O)(=O)O. The zero-order valence-corrected chi connectivity index (χ0v) is 16.2. The predicted molar refractivity (Wildman–Crippen MR) is 103 cm³/mol. The standard InChI is InChI=1S/C12H26O4S.C6H11N/c1-2-3-4-5-6-7-8-9-10-11-12-16-17(13,14)15;1-3-5-7-6-4-2/h2-12H2,1H3,(H,13,14,15);3-4,7H,1-2,5-6H2. The zero-order chi connectivity index (χ0) is 18.5. The van der Waals surface area contributed by atoms with Gasteiger partial charge < -0.3 is 5.32 Å². The monoisotopic (exact) mass is 363 g/mol. The molecule has 144 valence electrons. The van der Waals surface area contributed by atoms with E-state index in [-0.39, 0.29) is 6.61 Å². The van der Waals surface area contributed by atoms with Crippen molar-refractivity contribution < 1.29 is 17.2 Å². The van der Waals surface area contributed by atoms with Gasteiger partial charge in [0.15, 0.2) is 0 Å². The Kier molecular flexibility index (Phi) is 21.7. The molecule has 0 spiro atoms. The lowest BCUT2D eigenvalue weighted by Gasteiger charge is -2.02. The molecule has 0 aromatic heterocycles. The molecule has 0 amide bonds. The second-order valence-electron chi connectivity index (χ2n) is 5.67. The largest absolute Gasteiger partial charge is 0.397 e. The van der Waals surface area contributed by atoms with Gasteiger partial charge in [-0.3, -0.25) is 4.55 Å². The van der Waals surface area contributed by atoms with Crippen LogP contribution in [0.5, 0.6) is 0 Å². The molecule has 0 bridgehead atoms. The predicted octanol–water partition coefficient (Wildman–Crippen LogP) is 4.67. The first-order valence-electron chi connectivity index (χ1n) is 9.02. The van der Waals surface area contributed by atoms with E-state index in [0.29, 0.717) is 6.42 Å². The molecular weight excluding hydrogens is 326 g/mol. The highest BCUT2D eigenvalue weighted by atomic mass is 32.3. The first-order valence-corrected chi connectivity index (χ1v) is 10.4. The van der Waals surface area contributed by atoms with Crippen LogP contribution in [0.2, 0.25) is 0 Å². The van der Waals surface area contributed by atoms with E-state index in [0.717, 1.165) is 25.9 Å². The number of nitrogens with one attached hydrogen (secondary N) is 1. The smallest absolute Gasteiger partial charge is 0.310 e. The van der Waals surface area contributed by atoms with Crippen molar-refractivity contribution in [3.05, 3.63) is 25.3 Å². The Morgan fingerprint density at radius 1 is 0.875 bits per heavy atom. The Bertz CT molecular complexity index is 361. The van der Waals surface area contributed by atoms with E-state index < -0.39 is 10.4 Å². The van der Waals surface area contributed by atoms with Crippen molar-refractivity contribution in [2.45, 2.75) is 71.1 Å². The Labute approximate surface area is 149 Å². The molecule has 5 nitrogen and oxygen atoms in total. The van der Waals surface area contributed by atoms with Gasteiger partial charge in [-0.25, -0.2) is 4.18 Å². The molecule has 0 fully saturated rings. The highest BCUT2D eigenvalue weighted by Gasteiger charge is 2.02. The van der Waals surface area contributed by atoms with Crippen LogP contribution in [0.4, 0.5) is 0 Å². The molecule has 24 heavy (non-hydrogen) atoms. The second kappa shape index (κ2) is 20.4. The molecule has 0 unspecified atom stereocenters. The lowest BCUT2D eigenvalue weighted by molar-refractivity contribution is 0.261. The van der Waals surface area contributed by atoms with Crippen LogP contribution in [-0.4, -0.2) is 32.7 Å². The molecular formula is C18H37NO4S. The van der Waals surface area contributed by atoms with Crippen LogP contribution < -0.4 is 5.32 Å². The molecule has 0 saturated heterocycles. The molecule has 6 heteroatoms. The van der Waals surface area contributed by atoms with Crippen LogP contribution in [-0.2, 0) is 14.6 Å². The van der Waals surface area contributed by atoms with Crippen LogP contribution in [0.15, 0.2) is 25.3 Å². The number of hydrogen-bond acceptors (Lipinski definition) is 4. The molecule has 0 aliphatic heterocycles. The van der Waals surface area contributed by atoms with E-state index in [4.69, 9.17) is 4.55 Å². The summed E-state index contributed by atoms with van der Waals surface area (Å²) < 4.78 is 33.0. The first kappa shape index (κ1) is 25.5. The number of rotatable bonds is 16.